The van der Waals surface area contributed by atoms with Crippen molar-refractivity contribution in [2.24, 2.45) is 0 Å². The molecule has 0 fully saturated rings. The molecule has 3 aromatic rings. The number of rotatable bonds is 9. The minimum Gasteiger partial charge on any atom is -0.490 e. The molecule has 1 aliphatic rings. The summed E-state index contributed by atoms with van der Waals surface area (Å²) >= 11 is 0. The van der Waals surface area contributed by atoms with Gasteiger partial charge in [0.25, 0.3) is 5.91 Å². The molecule has 2 N–H and O–H groups in total. The van der Waals surface area contributed by atoms with E-state index in [4.69, 9.17) is 9.47 Å². The van der Waals surface area contributed by atoms with E-state index in [-0.39, 0.29) is 5.91 Å². The van der Waals surface area contributed by atoms with Crippen LogP contribution in [0.3, 0.4) is 0 Å². The number of ether oxygens (including phenoxy) is 2. The minimum absolute atomic E-state index is 0.233. The number of allylic oxidation sites excluding steroid dienone is 1. The number of amides is 1. The first-order chi connectivity index (χ1) is 16.5. The Hall–Kier alpha value is -3.88. The quantitative estimate of drug-likeness (QED) is 0.452. The number of hydrogen-bond donors (Lipinski definition) is 2. The van der Waals surface area contributed by atoms with E-state index in [0.29, 0.717) is 41.9 Å². The molecule has 1 atom stereocenters. The lowest BCUT2D eigenvalue weighted by Crippen LogP contribution is -2.31. The Morgan fingerprint density at radius 2 is 1.97 bits per heavy atom. The van der Waals surface area contributed by atoms with Crippen LogP contribution in [0.5, 0.6) is 11.5 Å². The third-order valence-electron chi connectivity index (χ3n) is 5.57. The summed E-state index contributed by atoms with van der Waals surface area (Å²) in [4.78, 5) is 13.5. The topological polar surface area (TPSA) is 103 Å². The van der Waals surface area contributed by atoms with Gasteiger partial charge in [0.05, 0.1) is 18.8 Å². The third kappa shape index (κ3) is 4.88. The second kappa shape index (κ2) is 10.4. The molecule has 0 saturated heterocycles. The van der Waals surface area contributed by atoms with E-state index in [0.717, 1.165) is 29.7 Å². The zero-order valence-corrected chi connectivity index (χ0v) is 20.0. The summed E-state index contributed by atoms with van der Waals surface area (Å²) in [5, 5.41) is 18.2. The molecule has 2 aromatic carbocycles. The average Bonchev–Trinajstić information content (AvgIpc) is 3.27. The SMILES string of the molecule is CCCCOc1ccc(C2C(C(=O)Nc3cccc(C)c3)=C(C)Nc3nnnn32)cc1OCC. The molecule has 9 nitrogen and oxygen atoms in total. The van der Waals surface area contributed by atoms with Gasteiger partial charge in [-0.25, -0.2) is 0 Å². The second-order valence-electron chi connectivity index (χ2n) is 8.18. The zero-order chi connectivity index (χ0) is 24.1. The number of carbonyl (C=O) groups excluding carboxylic acids is 1. The molecule has 1 amide bonds. The molecule has 0 aliphatic carbocycles. The first-order valence-electron chi connectivity index (χ1n) is 11.5. The summed E-state index contributed by atoms with van der Waals surface area (Å²) in [6.07, 6.45) is 2.00. The van der Waals surface area contributed by atoms with Crippen molar-refractivity contribution in [2.75, 3.05) is 23.8 Å². The van der Waals surface area contributed by atoms with Gasteiger partial charge in [-0.1, -0.05) is 36.6 Å². The van der Waals surface area contributed by atoms with Crippen molar-refractivity contribution in [3.63, 3.8) is 0 Å². The fraction of sp³-hybridized carbons (Fsp3) is 0.360. The van der Waals surface area contributed by atoms with E-state index in [1.807, 2.05) is 63.2 Å². The summed E-state index contributed by atoms with van der Waals surface area (Å²) in [5.74, 6) is 1.54. The number of anilines is 2. The highest BCUT2D eigenvalue weighted by molar-refractivity contribution is 6.06. The Labute approximate surface area is 199 Å². The molecule has 0 spiro atoms. The number of nitrogens with one attached hydrogen (secondary N) is 2. The fourth-order valence-corrected chi connectivity index (χ4v) is 3.94. The number of tetrazole rings is 1. The number of aromatic nitrogens is 4. The summed E-state index contributed by atoms with van der Waals surface area (Å²) < 4.78 is 13.4. The predicted molar refractivity (Wildman–Crippen MR) is 130 cm³/mol. The van der Waals surface area contributed by atoms with Gasteiger partial charge in [0.1, 0.15) is 6.04 Å². The Morgan fingerprint density at radius 3 is 2.74 bits per heavy atom. The van der Waals surface area contributed by atoms with E-state index in [9.17, 15) is 4.79 Å². The van der Waals surface area contributed by atoms with E-state index < -0.39 is 6.04 Å². The Bertz CT molecular complexity index is 1200. The minimum atomic E-state index is -0.542. The van der Waals surface area contributed by atoms with Gasteiger partial charge in [-0.3, -0.25) is 4.79 Å². The number of fused-ring (bicyclic) bond motifs is 1. The summed E-state index contributed by atoms with van der Waals surface area (Å²) in [5.41, 5.74) is 3.79. The molecule has 1 aromatic heterocycles. The van der Waals surface area contributed by atoms with Crippen LogP contribution in [0, 0.1) is 6.92 Å². The van der Waals surface area contributed by atoms with Gasteiger partial charge >= 0.3 is 0 Å². The predicted octanol–water partition coefficient (Wildman–Crippen LogP) is 4.49. The number of unbranched alkanes of at least 4 members (excludes halogenated alkanes) is 1. The normalized spacial score (nSPS) is 14.9. The zero-order valence-electron chi connectivity index (χ0n) is 20.0. The maximum Gasteiger partial charge on any atom is 0.255 e. The molecule has 0 bridgehead atoms. The maximum absolute atomic E-state index is 13.5. The van der Waals surface area contributed by atoms with Gasteiger partial charge in [0.15, 0.2) is 11.5 Å². The summed E-state index contributed by atoms with van der Waals surface area (Å²) in [7, 11) is 0. The van der Waals surface area contributed by atoms with Crippen LogP contribution in [0.1, 0.15) is 50.8 Å². The molecule has 2 heterocycles. The van der Waals surface area contributed by atoms with E-state index in [1.165, 1.54) is 0 Å². The van der Waals surface area contributed by atoms with Crippen molar-refractivity contribution in [1.29, 1.82) is 0 Å². The first kappa shape index (κ1) is 23.3. The molecule has 9 heteroatoms. The third-order valence-corrected chi connectivity index (χ3v) is 5.57. The molecule has 1 unspecified atom stereocenters. The van der Waals surface area contributed by atoms with Crippen LogP contribution in [-0.4, -0.2) is 39.3 Å². The molecule has 4 rings (SSSR count). The highest BCUT2D eigenvalue weighted by Crippen LogP contribution is 2.38. The molecule has 0 saturated carbocycles. The number of benzene rings is 2. The van der Waals surface area contributed by atoms with Crippen molar-refractivity contribution in [3.8, 4) is 11.5 Å². The average molecular weight is 463 g/mol. The molecular formula is C25H30N6O3. The van der Waals surface area contributed by atoms with Crippen molar-refractivity contribution in [2.45, 2.75) is 46.6 Å². The van der Waals surface area contributed by atoms with Crippen LogP contribution in [0.4, 0.5) is 11.6 Å². The molecule has 1 aliphatic heterocycles. The van der Waals surface area contributed by atoms with Crippen molar-refractivity contribution < 1.29 is 14.3 Å². The fourth-order valence-electron chi connectivity index (χ4n) is 3.94. The number of carbonyl (C=O) groups is 1. The first-order valence-corrected chi connectivity index (χ1v) is 11.5. The van der Waals surface area contributed by atoms with Crippen molar-refractivity contribution in [3.05, 3.63) is 64.9 Å². The van der Waals surface area contributed by atoms with Gasteiger partial charge in [-0.05, 0) is 73.0 Å². The lowest BCUT2D eigenvalue weighted by molar-refractivity contribution is -0.113. The molecule has 34 heavy (non-hydrogen) atoms. The van der Waals surface area contributed by atoms with Crippen LogP contribution >= 0.6 is 0 Å². The van der Waals surface area contributed by atoms with Crippen LogP contribution in [-0.2, 0) is 4.79 Å². The van der Waals surface area contributed by atoms with E-state index in [2.05, 4.69) is 33.1 Å². The molecule has 178 valence electrons. The highest BCUT2D eigenvalue weighted by atomic mass is 16.5. The van der Waals surface area contributed by atoms with E-state index >= 15 is 0 Å². The van der Waals surface area contributed by atoms with Crippen LogP contribution in [0.15, 0.2) is 53.7 Å². The van der Waals surface area contributed by atoms with Crippen molar-refractivity contribution >= 4 is 17.5 Å². The van der Waals surface area contributed by atoms with Gasteiger partial charge in [0.2, 0.25) is 5.95 Å². The smallest absolute Gasteiger partial charge is 0.255 e. The number of aryl methyl sites for hydroxylation is 1. The second-order valence-corrected chi connectivity index (χ2v) is 8.18. The number of nitrogens with zero attached hydrogens (tertiary/aromatic N) is 4. The maximum atomic E-state index is 13.5. The lowest BCUT2D eigenvalue weighted by atomic mass is 9.94. The van der Waals surface area contributed by atoms with Gasteiger partial charge in [0, 0.05) is 11.4 Å². The Morgan fingerprint density at radius 1 is 1.12 bits per heavy atom. The van der Waals surface area contributed by atoms with Gasteiger partial charge in [-0.15, -0.1) is 0 Å². The summed E-state index contributed by atoms with van der Waals surface area (Å²) in [6.45, 7) is 8.99. The lowest BCUT2D eigenvalue weighted by Gasteiger charge is -2.28. The molecular weight excluding hydrogens is 432 g/mol. The van der Waals surface area contributed by atoms with Crippen LogP contribution < -0.4 is 20.1 Å². The van der Waals surface area contributed by atoms with Crippen molar-refractivity contribution in [1.82, 2.24) is 20.2 Å². The van der Waals surface area contributed by atoms with Crippen LogP contribution in [0.2, 0.25) is 0 Å². The van der Waals surface area contributed by atoms with Gasteiger partial charge in [-0.2, -0.15) is 4.68 Å². The van der Waals surface area contributed by atoms with Gasteiger partial charge < -0.3 is 20.1 Å². The van der Waals surface area contributed by atoms with E-state index in [1.54, 1.807) is 4.68 Å². The monoisotopic (exact) mass is 462 g/mol. The highest BCUT2D eigenvalue weighted by Gasteiger charge is 2.34. The Kier molecular flexibility index (Phi) is 7.10. The number of hydrogen-bond acceptors (Lipinski definition) is 7. The standard InChI is InChI=1S/C25H30N6O3/c1-5-7-13-34-20-12-11-18(15-21(20)33-6-2)23-22(17(4)26-25-28-29-30-31(23)25)24(32)27-19-10-8-9-16(3)14-19/h8-12,14-15,23H,5-7,13H2,1-4H3,(H,27,32)(H,26,28,30). The summed E-state index contributed by atoms with van der Waals surface area (Å²) in [6, 6.07) is 12.9. The largest absolute Gasteiger partial charge is 0.490 e. The van der Waals surface area contributed by atoms with Crippen LogP contribution in [0.25, 0.3) is 0 Å². The Balaban J connectivity index is 1.72. The molecule has 0 radical (unpaired) electrons.